The van der Waals surface area contributed by atoms with E-state index in [1.165, 1.54) is 40.0 Å². The minimum atomic E-state index is -0.570. The van der Waals surface area contributed by atoms with Crippen molar-refractivity contribution in [2.75, 3.05) is 59.0 Å². The van der Waals surface area contributed by atoms with E-state index >= 15 is 0 Å². The van der Waals surface area contributed by atoms with E-state index in [9.17, 15) is 19.1 Å². The predicted molar refractivity (Wildman–Crippen MR) is 142 cm³/mol. The summed E-state index contributed by atoms with van der Waals surface area (Å²) in [6.07, 6.45) is 2.99. The van der Waals surface area contributed by atoms with Crippen molar-refractivity contribution >= 4 is 17.6 Å². The zero-order valence-corrected chi connectivity index (χ0v) is 22.6. The van der Waals surface area contributed by atoms with E-state index in [0.29, 0.717) is 35.1 Å². The molecular formula is C28H38FN3O6. The highest BCUT2D eigenvalue weighted by molar-refractivity contribution is 5.95. The van der Waals surface area contributed by atoms with Crippen molar-refractivity contribution < 1.29 is 33.3 Å². The van der Waals surface area contributed by atoms with E-state index in [1.807, 2.05) is 0 Å². The average molecular weight is 532 g/mol. The quantitative estimate of drug-likeness (QED) is 0.394. The lowest BCUT2D eigenvalue weighted by Crippen LogP contribution is -2.57. The second-order valence-corrected chi connectivity index (χ2v) is 9.30. The number of ether oxygens (including phenoxy) is 3. The molecule has 9 nitrogen and oxygen atoms in total. The molecule has 2 aromatic carbocycles. The summed E-state index contributed by atoms with van der Waals surface area (Å²) in [5.74, 6) is 0.294. The molecule has 1 atom stereocenters. The molecule has 1 unspecified atom stereocenters. The Morgan fingerprint density at radius 1 is 1.08 bits per heavy atom. The summed E-state index contributed by atoms with van der Waals surface area (Å²) in [5.41, 5.74) is 1.05. The fourth-order valence-corrected chi connectivity index (χ4v) is 4.50. The fourth-order valence-electron chi connectivity index (χ4n) is 4.50. The summed E-state index contributed by atoms with van der Waals surface area (Å²) in [5, 5.41) is 9.33. The Kier molecular flexibility index (Phi) is 10.6. The third-order valence-electron chi connectivity index (χ3n) is 6.57. The lowest BCUT2D eigenvalue weighted by molar-refractivity contribution is -0.135. The van der Waals surface area contributed by atoms with Crippen LogP contribution in [-0.4, -0.2) is 81.0 Å². The Bertz CT molecular complexity index is 1100. The summed E-state index contributed by atoms with van der Waals surface area (Å²) in [7, 11) is 4.66. The minimum Gasteiger partial charge on any atom is -0.496 e. The van der Waals surface area contributed by atoms with Crippen LogP contribution in [0.15, 0.2) is 36.4 Å². The molecule has 0 aliphatic carbocycles. The first-order valence-electron chi connectivity index (χ1n) is 12.9. The molecule has 1 saturated heterocycles. The number of aliphatic hydroxyl groups excluding tert-OH is 1. The molecule has 0 radical (unpaired) electrons. The Morgan fingerprint density at radius 2 is 1.82 bits per heavy atom. The topological polar surface area (TPSA) is 91.8 Å². The van der Waals surface area contributed by atoms with E-state index in [2.05, 4.69) is 6.92 Å². The van der Waals surface area contributed by atoms with Gasteiger partial charge in [0, 0.05) is 44.0 Å². The van der Waals surface area contributed by atoms with Gasteiger partial charge in [0.25, 0.3) is 0 Å². The normalized spacial score (nSPS) is 15.4. The SMILES string of the molecule is CCCCCOc1cc(N2CC(C(=O)N(C)CCO)CN(Cc3cc(F)ccc3OC)C2=O)ccc1OC. The molecule has 208 valence electrons. The van der Waals surface area contributed by atoms with Crippen molar-refractivity contribution in [2.45, 2.75) is 32.7 Å². The second kappa shape index (κ2) is 13.9. The van der Waals surface area contributed by atoms with Gasteiger partial charge in [-0.3, -0.25) is 9.69 Å². The van der Waals surface area contributed by atoms with Crippen LogP contribution in [0.1, 0.15) is 31.7 Å². The van der Waals surface area contributed by atoms with Crippen molar-refractivity contribution in [3.63, 3.8) is 0 Å². The van der Waals surface area contributed by atoms with Crippen LogP contribution in [0.2, 0.25) is 0 Å². The van der Waals surface area contributed by atoms with E-state index in [0.717, 1.165) is 19.3 Å². The fraction of sp³-hybridized carbons (Fsp3) is 0.500. The van der Waals surface area contributed by atoms with Gasteiger partial charge in [-0.2, -0.15) is 0 Å². The number of aliphatic hydroxyl groups is 1. The van der Waals surface area contributed by atoms with Crippen LogP contribution in [-0.2, 0) is 11.3 Å². The molecule has 2 aromatic rings. The number of methoxy groups -OCH3 is 2. The lowest BCUT2D eigenvalue weighted by Gasteiger charge is -2.40. The molecular weight excluding hydrogens is 493 g/mol. The number of unbranched alkanes of at least 4 members (excludes halogenated alkanes) is 2. The number of hydrogen-bond acceptors (Lipinski definition) is 6. The summed E-state index contributed by atoms with van der Waals surface area (Å²) in [6.45, 7) is 2.98. The molecule has 1 N–H and O–H groups in total. The average Bonchev–Trinajstić information content (AvgIpc) is 2.92. The molecule has 0 aromatic heterocycles. The zero-order chi connectivity index (χ0) is 27.7. The Morgan fingerprint density at radius 3 is 2.50 bits per heavy atom. The van der Waals surface area contributed by atoms with Gasteiger partial charge in [-0.25, -0.2) is 9.18 Å². The third kappa shape index (κ3) is 7.06. The van der Waals surface area contributed by atoms with E-state index in [4.69, 9.17) is 14.2 Å². The van der Waals surface area contributed by atoms with E-state index in [-0.39, 0.29) is 44.7 Å². The standard InChI is InChI=1S/C28H38FN3O6/c1-5-6-7-14-38-26-16-23(9-11-25(26)37-4)32-19-21(27(34)30(2)12-13-33)18-31(28(32)35)17-20-15-22(29)8-10-24(20)36-3/h8-11,15-16,21,33H,5-7,12-14,17-19H2,1-4H3. The highest BCUT2D eigenvalue weighted by Crippen LogP contribution is 2.35. The van der Waals surface area contributed by atoms with E-state index in [1.54, 1.807) is 32.4 Å². The number of anilines is 1. The van der Waals surface area contributed by atoms with Crippen LogP contribution in [0.4, 0.5) is 14.9 Å². The molecule has 0 bridgehead atoms. The highest BCUT2D eigenvalue weighted by Gasteiger charge is 2.38. The first-order chi connectivity index (χ1) is 18.3. The van der Waals surface area contributed by atoms with Gasteiger partial charge < -0.3 is 29.1 Å². The predicted octanol–water partition coefficient (Wildman–Crippen LogP) is 3.92. The monoisotopic (exact) mass is 531 g/mol. The molecule has 0 spiro atoms. The maximum Gasteiger partial charge on any atom is 0.324 e. The number of likely N-dealkylation sites (N-methyl/N-ethyl adjacent to an activating group) is 1. The van der Waals surface area contributed by atoms with Gasteiger partial charge in [-0.15, -0.1) is 0 Å². The van der Waals surface area contributed by atoms with Crippen LogP contribution in [0.5, 0.6) is 17.2 Å². The van der Waals surface area contributed by atoms with Crippen molar-refractivity contribution in [2.24, 2.45) is 5.92 Å². The molecule has 3 rings (SSSR count). The maximum absolute atomic E-state index is 14.1. The van der Waals surface area contributed by atoms with Crippen molar-refractivity contribution in [3.8, 4) is 17.2 Å². The van der Waals surface area contributed by atoms with Crippen LogP contribution < -0.4 is 19.1 Å². The zero-order valence-electron chi connectivity index (χ0n) is 22.6. The summed E-state index contributed by atoms with van der Waals surface area (Å²) in [6, 6.07) is 9.04. The van der Waals surface area contributed by atoms with Crippen molar-refractivity contribution in [1.29, 1.82) is 0 Å². The van der Waals surface area contributed by atoms with Crippen molar-refractivity contribution in [3.05, 3.63) is 47.8 Å². The van der Waals surface area contributed by atoms with Crippen LogP contribution in [0, 0.1) is 11.7 Å². The largest absolute Gasteiger partial charge is 0.496 e. The van der Waals surface area contributed by atoms with E-state index < -0.39 is 11.7 Å². The molecule has 1 aliphatic heterocycles. The minimum absolute atomic E-state index is 0.0558. The number of carbonyl (C=O) groups is 2. The molecule has 1 aliphatic rings. The molecule has 1 fully saturated rings. The molecule has 0 saturated carbocycles. The number of rotatable bonds is 13. The van der Waals surface area contributed by atoms with Gasteiger partial charge in [0.1, 0.15) is 11.6 Å². The number of nitrogens with zero attached hydrogens (tertiary/aromatic N) is 3. The van der Waals surface area contributed by atoms with Crippen LogP contribution >= 0.6 is 0 Å². The smallest absolute Gasteiger partial charge is 0.324 e. The molecule has 3 amide bonds. The Hall–Kier alpha value is -3.53. The van der Waals surface area contributed by atoms with Gasteiger partial charge in [-0.1, -0.05) is 19.8 Å². The number of urea groups is 1. The van der Waals surface area contributed by atoms with Gasteiger partial charge in [0.2, 0.25) is 5.91 Å². The maximum atomic E-state index is 14.1. The van der Waals surface area contributed by atoms with Crippen LogP contribution in [0.25, 0.3) is 0 Å². The lowest BCUT2D eigenvalue weighted by atomic mass is 10.0. The first-order valence-corrected chi connectivity index (χ1v) is 12.9. The Balaban J connectivity index is 1.94. The van der Waals surface area contributed by atoms with Crippen LogP contribution in [0.3, 0.4) is 0 Å². The number of amides is 3. The summed E-state index contributed by atoms with van der Waals surface area (Å²) < 4.78 is 30.9. The molecule has 38 heavy (non-hydrogen) atoms. The van der Waals surface area contributed by atoms with Gasteiger partial charge in [0.15, 0.2) is 11.5 Å². The van der Waals surface area contributed by atoms with Gasteiger partial charge in [-0.05, 0) is 36.8 Å². The first kappa shape index (κ1) is 29.0. The second-order valence-electron chi connectivity index (χ2n) is 9.30. The van der Waals surface area contributed by atoms with Crippen molar-refractivity contribution in [1.82, 2.24) is 9.80 Å². The summed E-state index contributed by atoms with van der Waals surface area (Å²) >= 11 is 0. The Labute approximate surface area is 223 Å². The number of halogens is 1. The number of hydrogen-bond donors (Lipinski definition) is 1. The number of benzene rings is 2. The molecule has 10 heteroatoms. The summed E-state index contributed by atoms with van der Waals surface area (Å²) in [4.78, 5) is 31.5. The highest BCUT2D eigenvalue weighted by atomic mass is 19.1. The molecule has 1 heterocycles. The van der Waals surface area contributed by atoms with Gasteiger partial charge in [0.05, 0.1) is 39.9 Å². The van der Waals surface area contributed by atoms with Gasteiger partial charge >= 0.3 is 6.03 Å². The third-order valence-corrected chi connectivity index (χ3v) is 6.57. The number of carbonyl (C=O) groups excluding carboxylic acids is 2.